The van der Waals surface area contributed by atoms with Crippen molar-refractivity contribution in [1.29, 1.82) is 0 Å². The zero-order chi connectivity index (χ0) is 13.4. The van der Waals surface area contributed by atoms with Gasteiger partial charge in [0.15, 0.2) is 11.5 Å². The molecule has 0 saturated heterocycles. The zero-order valence-corrected chi connectivity index (χ0v) is 10.7. The Morgan fingerprint density at radius 3 is 2.50 bits per heavy atom. The number of nitrogens with one attached hydrogen (secondary N) is 1. The maximum Gasteiger partial charge on any atom is 0.320 e. The molecule has 0 aromatic heterocycles. The summed E-state index contributed by atoms with van der Waals surface area (Å²) in [6.07, 6.45) is 0. The van der Waals surface area contributed by atoms with Gasteiger partial charge in [-0.25, -0.2) is 0 Å². The predicted octanol–water partition coefficient (Wildman–Crippen LogP) is 1.53. The molecule has 1 aromatic carbocycles. The number of hydrogen-bond donors (Lipinski definition) is 2. The lowest BCUT2D eigenvalue weighted by atomic mass is 10.3. The molecule has 0 amide bonds. The minimum Gasteiger partial charge on any atom is -0.490 e. The molecule has 18 heavy (non-hydrogen) atoms. The molecule has 0 fully saturated rings. The second-order valence-corrected chi connectivity index (χ2v) is 3.74. The minimum absolute atomic E-state index is 0.391. The highest BCUT2D eigenvalue weighted by Gasteiger charge is 2.09. The molecule has 0 spiro atoms. The summed E-state index contributed by atoms with van der Waals surface area (Å²) in [7, 11) is 0. The summed E-state index contributed by atoms with van der Waals surface area (Å²) >= 11 is 0. The first-order valence-corrected chi connectivity index (χ1v) is 5.96. The van der Waals surface area contributed by atoms with Crippen LogP contribution in [-0.4, -0.2) is 36.9 Å². The first kappa shape index (κ1) is 14.3. The lowest BCUT2D eigenvalue weighted by Crippen LogP contribution is -2.36. The monoisotopic (exact) mass is 253 g/mol. The van der Waals surface area contributed by atoms with E-state index in [4.69, 9.17) is 14.6 Å². The van der Waals surface area contributed by atoms with Gasteiger partial charge in [-0.2, -0.15) is 0 Å². The Balaban J connectivity index is 2.37. The second-order valence-electron chi connectivity index (χ2n) is 3.74. The number of carbonyl (C=O) groups is 1. The summed E-state index contributed by atoms with van der Waals surface area (Å²) < 4.78 is 11.0. The number of carboxylic acids is 1. The quantitative estimate of drug-likeness (QED) is 0.688. The Bertz CT molecular complexity index is 381. The van der Waals surface area contributed by atoms with E-state index in [2.05, 4.69) is 5.32 Å². The molecule has 0 aliphatic heterocycles. The molecular weight excluding hydrogens is 234 g/mol. The molecule has 0 saturated carbocycles. The zero-order valence-electron chi connectivity index (χ0n) is 10.7. The van der Waals surface area contributed by atoms with E-state index in [9.17, 15) is 4.79 Å². The molecule has 1 aromatic rings. The van der Waals surface area contributed by atoms with Crippen LogP contribution in [0.4, 0.5) is 0 Å². The molecule has 0 radical (unpaired) electrons. The molecule has 0 aliphatic rings. The summed E-state index contributed by atoms with van der Waals surface area (Å²) in [5, 5.41) is 11.5. The van der Waals surface area contributed by atoms with Gasteiger partial charge in [-0.05, 0) is 26.0 Å². The van der Waals surface area contributed by atoms with E-state index in [1.807, 2.05) is 31.2 Å². The Morgan fingerprint density at radius 2 is 1.94 bits per heavy atom. The van der Waals surface area contributed by atoms with Gasteiger partial charge in [-0.1, -0.05) is 12.1 Å². The summed E-state index contributed by atoms with van der Waals surface area (Å²) in [5.41, 5.74) is 0. The van der Waals surface area contributed by atoms with Gasteiger partial charge < -0.3 is 19.9 Å². The molecule has 0 bridgehead atoms. The number of carboxylic acid groups (broad SMARTS) is 1. The number of benzene rings is 1. The van der Waals surface area contributed by atoms with Crippen molar-refractivity contribution in [1.82, 2.24) is 5.32 Å². The number of ether oxygens (including phenoxy) is 2. The van der Waals surface area contributed by atoms with Crippen LogP contribution >= 0.6 is 0 Å². The Kier molecular flexibility index (Phi) is 6.00. The number of para-hydroxylation sites is 2. The van der Waals surface area contributed by atoms with Crippen molar-refractivity contribution in [2.45, 2.75) is 19.9 Å². The van der Waals surface area contributed by atoms with Crippen molar-refractivity contribution in [3.63, 3.8) is 0 Å². The first-order valence-electron chi connectivity index (χ1n) is 5.96. The normalized spacial score (nSPS) is 11.9. The molecular formula is C13H19NO4. The molecule has 1 atom stereocenters. The van der Waals surface area contributed by atoms with Gasteiger partial charge in [-0.15, -0.1) is 0 Å². The van der Waals surface area contributed by atoms with Gasteiger partial charge in [0.05, 0.1) is 6.61 Å². The predicted molar refractivity (Wildman–Crippen MR) is 68.2 cm³/mol. The van der Waals surface area contributed by atoms with E-state index in [0.717, 1.165) is 0 Å². The summed E-state index contributed by atoms with van der Waals surface area (Å²) in [6, 6.07) is 6.83. The third-order valence-corrected chi connectivity index (χ3v) is 2.33. The topological polar surface area (TPSA) is 67.8 Å². The largest absolute Gasteiger partial charge is 0.490 e. The van der Waals surface area contributed by atoms with Crippen LogP contribution in [0.2, 0.25) is 0 Å². The van der Waals surface area contributed by atoms with Gasteiger partial charge in [-0.3, -0.25) is 4.79 Å². The lowest BCUT2D eigenvalue weighted by molar-refractivity contribution is -0.139. The molecule has 5 nitrogen and oxygen atoms in total. The van der Waals surface area contributed by atoms with Crippen LogP contribution in [0.3, 0.4) is 0 Å². The van der Waals surface area contributed by atoms with Crippen LogP contribution in [0.15, 0.2) is 24.3 Å². The third kappa shape index (κ3) is 4.63. The average Bonchev–Trinajstić information content (AvgIpc) is 2.36. The van der Waals surface area contributed by atoms with Crippen molar-refractivity contribution >= 4 is 5.97 Å². The van der Waals surface area contributed by atoms with Gasteiger partial charge in [0, 0.05) is 6.54 Å². The number of rotatable bonds is 8. The number of hydrogen-bond acceptors (Lipinski definition) is 4. The highest BCUT2D eigenvalue weighted by molar-refractivity contribution is 5.72. The fourth-order valence-corrected chi connectivity index (χ4v) is 1.37. The van der Waals surface area contributed by atoms with Crippen LogP contribution in [-0.2, 0) is 4.79 Å². The summed E-state index contributed by atoms with van der Waals surface area (Å²) in [6.45, 7) is 4.94. The van der Waals surface area contributed by atoms with Gasteiger partial charge in [0.25, 0.3) is 0 Å². The molecule has 2 N–H and O–H groups in total. The highest BCUT2D eigenvalue weighted by atomic mass is 16.5. The maximum atomic E-state index is 10.6. The van der Waals surface area contributed by atoms with Crippen molar-refractivity contribution in [2.75, 3.05) is 19.8 Å². The molecule has 5 heteroatoms. The standard InChI is InChI=1S/C13H19NO4/c1-3-17-11-6-4-5-7-12(11)18-9-8-14-10(2)13(15)16/h4-7,10,14H,3,8-9H2,1-2H3,(H,15,16)/t10-/m0/s1. The van der Waals surface area contributed by atoms with E-state index in [-0.39, 0.29) is 0 Å². The van der Waals surface area contributed by atoms with Crippen LogP contribution in [0.25, 0.3) is 0 Å². The SMILES string of the molecule is CCOc1ccccc1OCCN[C@@H](C)C(=O)O. The van der Waals surface area contributed by atoms with Gasteiger partial charge in [0.1, 0.15) is 12.6 Å². The minimum atomic E-state index is -0.871. The van der Waals surface area contributed by atoms with E-state index in [0.29, 0.717) is 31.3 Å². The van der Waals surface area contributed by atoms with E-state index in [1.54, 1.807) is 6.92 Å². The van der Waals surface area contributed by atoms with Gasteiger partial charge >= 0.3 is 5.97 Å². The van der Waals surface area contributed by atoms with Crippen molar-refractivity contribution in [2.24, 2.45) is 0 Å². The van der Waals surface area contributed by atoms with Crippen LogP contribution < -0.4 is 14.8 Å². The van der Waals surface area contributed by atoms with Crippen LogP contribution in [0, 0.1) is 0 Å². The first-order chi connectivity index (χ1) is 8.65. The maximum absolute atomic E-state index is 10.6. The summed E-state index contributed by atoms with van der Waals surface area (Å²) in [4.78, 5) is 10.6. The van der Waals surface area contributed by atoms with E-state index in [1.165, 1.54) is 0 Å². The molecule has 0 aliphatic carbocycles. The van der Waals surface area contributed by atoms with Crippen molar-refractivity contribution in [3.8, 4) is 11.5 Å². The van der Waals surface area contributed by atoms with Gasteiger partial charge in [0.2, 0.25) is 0 Å². The second kappa shape index (κ2) is 7.55. The molecule has 100 valence electrons. The Hall–Kier alpha value is -1.75. The highest BCUT2D eigenvalue weighted by Crippen LogP contribution is 2.25. The van der Waals surface area contributed by atoms with E-state index >= 15 is 0 Å². The summed E-state index contributed by atoms with van der Waals surface area (Å²) in [5.74, 6) is 0.500. The molecule has 0 heterocycles. The number of aliphatic carboxylic acids is 1. The van der Waals surface area contributed by atoms with Crippen molar-refractivity contribution in [3.05, 3.63) is 24.3 Å². The van der Waals surface area contributed by atoms with Crippen LogP contribution in [0.1, 0.15) is 13.8 Å². The Labute approximate surface area is 107 Å². The third-order valence-electron chi connectivity index (χ3n) is 2.33. The fraction of sp³-hybridized carbons (Fsp3) is 0.462. The van der Waals surface area contributed by atoms with Crippen molar-refractivity contribution < 1.29 is 19.4 Å². The molecule has 1 rings (SSSR count). The Morgan fingerprint density at radius 1 is 1.33 bits per heavy atom. The fourth-order valence-electron chi connectivity index (χ4n) is 1.37. The molecule has 0 unspecified atom stereocenters. The van der Waals surface area contributed by atoms with Crippen LogP contribution in [0.5, 0.6) is 11.5 Å². The lowest BCUT2D eigenvalue weighted by Gasteiger charge is -2.13. The smallest absolute Gasteiger partial charge is 0.320 e. The van der Waals surface area contributed by atoms with E-state index < -0.39 is 12.0 Å². The average molecular weight is 253 g/mol.